The van der Waals surface area contributed by atoms with Crippen molar-refractivity contribution < 1.29 is 9.84 Å². The number of rotatable bonds is 3. The monoisotopic (exact) mass is 239 g/mol. The summed E-state index contributed by atoms with van der Waals surface area (Å²) >= 11 is 0. The number of aliphatic hydroxyl groups excluding tert-OH is 1. The number of aliphatic hydroxyl groups is 1. The molecule has 2 N–H and O–H groups in total. The SMILES string of the molecule is OC1CC(CNC2CCCC23CCOCC3)C1. The topological polar surface area (TPSA) is 41.5 Å². The van der Waals surface area contributed by atoms with E-state index in [-0.39, 0.29) is 6.10 Å². The smallest absolute Gasteiger partial charge is 0.0546 e. The van der Waals surface area contributed by atoms with E-state index in [1.807, 2.05) is 0 Å². The maximum absolute atomic E-state index is 9.31. The molecule has 3 aliphatic rings. The summed E-state index contributed by atoms with van der Waals surface area (Å²) < 4.78 is 5.52. The third-order valence-corrected chi connectivity index (χ3v) is 5.26. The quantitative estimate of drug-likeness (QED) is 0.787. The minimum absolute atomic E-state index is 0.0116. The van der Waals surface area contributed by atoms with Crippen molar-refractivity contribution in [3.8, 4) is 0 Å². The normalized spacial score (nSPS) is 40.4. The van der Waals surface area contributed by atoms with E-state index in [9.17, 15) is 5.11 Å². The van der Waals surface area contributed by atoms with Gasteiger partial charge in [-0.05, 0) is 56.4 Å². The van der Waals surface area contributed by atoms with Crippen LogP contribution in [0, 0.1) is 11.3 Å². The van der Waals surface area contributed by atoms with Crippen molar-refractivity contribution >= 4 is 0 Å². The molecule has 3 nitrogen and oxygen atoms in total. The average molecular weight is 239 g/mol. The predicted octanol–water partition coefficient (Wildman–Crippen LogP) is 1.70. The zero-order chi connectivity index (χ0) is 11.7. The number of ether oxygens (including phenoxy) is 1. The summed E-state index contributed by atoms with van der Waals surface area (Å²) in [5, 5.41) is 13.1. The number of hydrogen-bond donors (Lipinski definition) is 2. The van der Waals surface area contributed by atoms with Crippen LogP contribution in [0.15, 0.2) is 0 Å². The standard InChI is InChI=1S/C14H25NO2/c16-12-8-11(9-12)10-15-13-2-1-3-14(13)4-6-17-7-5-14/h11-13,15-16H,1-10H2. The molecule has 0 aromatic heterocycles. The lowest BCUT2D eigenvalue weighted by Gasteiger charge is -2.41. The van der Waals surface area contributed by atoms with E-state index in [0.29, 0.717) is 11.5 Å². The lowest BCUT2D eigenvalue weighted by Crippen LogP contribution is -2.48. The first-order valence-electron chi connectivity index (χ1n) is 7.28. The maximum atomic E-state index is 9.31. The second-order valence-electron chi connectivity index (χ2n) is 6.32. The van der Waals surface area contributed by atoms with E-state index in [0.717, 1.165) is 38.5 Å². The van der Waals surface area contributed by atoms with Crippen LogP contribution >= 0.6 is 0 Å². The molecule has 0 aromatic carbocycles. The molecule has 0 radical (unpaired) electrons. The second-order valence-corrected chi connectivity index (χ2v) is 6.32. The molecule has 1 saturated heterocycles. The summed E-state index contributed by atoms with van der Waals surface area (Å²) in [6, 6.07) is 0.712. The van der Waals surface area contributed by atoms with Crippen molar-refractivity contribution in [1.29, 1.82) is 0 Å². The molecule has 2 aliphatic carbocycles. The summed E-state index contributed by atoms with van der Waals surface area (Å²) in [7, 11) is 0. The van der Waals surface area contributed by atoms with Crippen molar-refractivity contribution in [2.24, 2.45) is 11.3 Å². The van der Waals surface area contributed by atoms with Crippen LogP contribution in [0.25, 0.3) is 0 Å². The van der Waals surface area contributed by atoms with Crippen molar-refractivity contribution in [2.45, 2.75) is 57.1 Å². The molecule has 2 saturated carbocycles. The summed E-state index contributed by atoms with van der Waals surface area (Å²) in [6.45, 7) is 3.03. The molecule has 1 spiro atoms. The van der Waals surface area contributed by atoms with Crippen LogP contribution in [0.1, 0.15) is 44.9 Å². The molecular formula is C14H25NO2. The van der Waals surface area contributed by atoms with E-state index >= 15 is 0 Å². The van der Waals surface area contributed by atoms with Gasteiger partial charge in [-0.25, -0.2) is 0 Å². The molecule has 1 unspecified atom stereocenters. The fraction of sp³-hybridized carbons (Fsp3) is 1.00. The molecule has 0 bridgehead atoms. The molecular weight excluding hydrogens is 214 g/mol. The highest BCUT2D eigenvalue weighted by Crippen LogP contribution is 2.46. The summed E-state index contributed by atoms with van der Waals surface area (Å²) in [5.41, 5.74) is 0.542. The van der Waals surface area contributed by atoms with Gasteiger partial charge < -0.3 is 15.2 Å². The Bertz CT molecular complexity index is 257. The Morgan fingerprint density at radius 1 is 1.18 bits per heavy atom. The van der Waals surface area contributed by atoms with Gasteiger partial charge in [0.05, 0.1) is 6.10 Å². The Morgan fingerprint density at radius 2 is 1.94 bits per heavy atom. The van der Waals surface area contributed by atoms with Crippen LogP contribution in [0.3, 0.4) is 0 Å². The zero-order valence-corrected chi connectivity index (χ0v) is 10.7. The van der Waals surface area contributed by atoms with Crippen LogP contribution < -0.4 is 5.32 Å². The van der Waals surface area contributed by atoms with E-state index in [1.54, 1.807) is 0 Å². The third kappa shape index (κ3) is 2.38. The van der Waals surface area contributed by atoms with Crippen LogP contribution in [0.5, 0.6) is 0 Å². The van der Waals surface area contributed by atoms with Gasteiger partial charge in [0.15, 0.2) is 0 Å². The fourth-order valence-corrected chi connectivity index (χ4v) is 4.01. The van der Waals surface area contributed by atoms with E-state index in [2.05, 4.69) is 5.32 Å². The lowest BCUT2D eigenvalue weighted by atomic mass is 9.75. The highest BCUT2D eigenvalue weighted by molar-refractivity contribution is 4.98. The van der Waals surface area contributed by atoms with Gasteiger partial charge in [-0.15, -0.1) is 0 Å². The molecule has 1 atom stereocenters. The largest absolute Gasteiger partial charge is 0.393 e. The Hall–Kier alpha value is -0.120. The van der Waals surface area contributed by atoms with Gasteiger partial charge in [0.25, 0.3) is 0 Å². The first kappa shape index (κ1) is 11.9. The Labute approximate surface area is 104 Å². The molecule has 3 fully saturated rings. The zero-order valence-electron chi connectivity index (χ0n) is 10.7. The minimum Gasteiger partial charge on any atom is -0.393 e. The average Bonchev–Trinajstić information content (AvgIpc) is 2.67. The molecule has 0 amide bonds. The maximum Gasteiger partial charge on any atom is 0.0546 e. The first-order valence-corrected chi connectivity index (χ1v) is 7.28. The predicted molar refractivity (Wildman–Crippen MR) is 66.9 cm³/mol. The van der Waals surface area contributed by atoms with Crippen molar-refractivity contribution in [1.82, 2.24) is 5.32 Å². The molecule has 17 heavy (non-hydrogen) atoms. The van der Waals surface area contributed by atoms with Gasteiger partial charge in [0.1, 0.15) is 0 Å². The first-order chi connectivity index (χ1) is 8.28. The molecule has 3 heteroatoms. The molecule has 3 rings (SSSR count). The van der Waals surface area contributed by atoms with Crippen LogP contribution in [0.2, 0.25) is 0 Å². The van der Waals surface area contributed by atoms with Crippen molar-refractivity contribution in [2.75, 3.05) is 19.8 Å². The van der Waals surface area contributed by atoms with Crippen molar-refractivity contribution in [3.63, 3.8) is 0 Å². The van der Waals surface area contributed by atoms with Gasteiger partial charge in [-0.2, -0.15) is 0 Å². The number of nitrogens with one attached hydrogen (secondary N) is 1. The Morgan fingerprint density at radius 3 is 2.65 bits per heavy atom. The molecule has 1 aliphatic heterocycles. The third-order valence-electron chi connectivity index (χ3n) is 5.26. The molecule has 1 heterocycles. The summed E-state index contributed by atoms with van der Waals surface area (Å²) in [5.74, 6) is 0.725. The lowest BCUT2D eigenvalue weighted by molar-refractivity contribution is -0.000660. The Kier molecular flexibility index (Phi) is 3.42. The fourth-order valence-electron chi connectivity index (χ4n) is 4.01. The highest BCUT2D eigenvalue weighted by atomic mass is 16.5. The van der Waals surface area contributed by atoms with Crippen molar-refractivity contribution in [3.05, 3.63) is 0 Å². The van der Waals surface area contributed by atoms with Gasteiger partial charge in [0.2, 0.25) is 0 Å². The molecule has 98 valence electrons. The van der Waals surface area contributed by atoms with Crippen LogP contribution in [-0.4, -0.2) is 37.0 Å². The van der Waals surface area contributed by atoms with E-state index < -0.39 is 0 Å². The van der Waals surface area contributed by atoms with E-state index in [4.69, 9.17) is 4.74 Å². The van der Waals surface area contributed by atoms with Gasteiger partial charge in [-0.1, -0.05) is 6.42 Å². The molecule has 0 aromatic rings. The summed E-state index contributed by atoms with van der Waals surface area (Å²) in [4.78, 5) is 0. The highest BCUT2D eigenvalue weighted by Gasteiger charge is 2.43. The minimum atomic E-state index is -0.0116. The Balaban J connectivity index is 1.51. The summed E-state index contributed by atoms with van der Waals surface area (Å²) in [6.07, 6.45) is 8.62. The second kappa shape index (κ2) is 4.87. The number of hydrogen-bond acceptors (Lipinski definition) is 3. The van der Waals surface area contributed by atoms with Gasteiger partial charge in [0, 0.05) is 19.3 Å². The van der Waals surface area contributed by atoms with Gasteiger partial charge in [-0.3, -0.25) is 0 Å². The van der Waals surface area contributed by atoms with Gasteiger partial charge >= 0.3 is 0 Å². The van der Waals surface area contributed by atoms with E-state index in [1.165, 1.54) is 32.1 Å². The van der Waals surface area contributed by atoms with Crippen LogP contribution in [0.4, 0.5) is 0 Å². The van der Waals surface area contributed by atoms with Crippen LogP contribution in [-0.2, 0) is 4.74 Å².